The molecule has 3 saturated heterocycles. The first-order valence-electron chi connectivity index (χ1n) is 32.2. The van der Waals surface area contributed by atoms with E-state index >= 15 is 0 Å². The molecule has 0 aromatic rings. The van der Waals surface area contributed by atoms with Crippen molar-refractivity contribution >= 4 is 43.2 Å². The van der Waals surface area contributed by atoms with Gasteiger partial charge in [0.1, 0.15) is 0 Å². The van der Waals surface area contributed by atoms with Crippen molar-refractivity contribution in [2.75, 3.05) is 88.5 Å². The summed E-state index contributed by atoms with van der Waals surface area (Å²) in [6, 6.07) is 0. The first-order chi connectivity index (χ1) is 36.0. The maximum atomic E-state index is 9.57. The maximum Gasteiger partial charge on any atom is 0.0512 e. The van der Waals surface area contributed by atoms with Gasteiger partial charge in [0.25, 0.3) is 0 Å². The van der Waals surface area contributed by atoms with Crippen LogP contribution in [-0.2, 0) is 0 Å². The molecule has 12 heteroatoms. The van der Waals surface area contributed by atoms with Crippen LogP contribution in [-0.4, -0.2) is 164 Å². The normalized spacial score (nSPS) is 21.7. The van der Waals surface area contributed by atoms with E-state index in [1.54, 1.807) is 0 Å². The number of likely N-dealkylation sites (tertiary alicyclic amines) is 2. The molecular weight excluding hydrogens is 993 g/mol. The van der Waals surface area contributed by atoms with Crippen molar-refractivity contribution in [1.82, 2.24) is 19.6 Å². The molecule has 0 aromatic carbocycles. The Balaban J connectivity index is 1.19. The number of hydrogen-bond donors (Lipinski definition) is 4. The van der Waals surface area contributed by atoms with Gasteiger partial charge >= 0.3 is 0 Å². The Labute approximate surface area is 475 Å². The molecule has 0 radical (unpaired) electrons. The molecule has 3 fully saturated rings. The third-order valence-corrected chi connectivity index (χ3v) is 22.5. The molecule has 0 spiro atoms. The first-order valence-corrected chi connectivity index (χ1v) is 37.2. The monoisotopic (exact) mass is 1120 g/mol. The predicted octanol–water partition coefficient (Wildman–Crippen LogP) is 15.8. The van der Waals surface area contributed by atoms with Gasteiger partial charge in [-0.15, -0.1) is 0 Å². The third kappa shape index (κ3) is 34.4. The summed E-state index contributed by atoms with van der Waals surface area (Å²) in [7, 11) is 8.49. The summed E-state index contributed by atoms with van der Waals surface area (Å²) in [6.07, 6.45) is 48.7. The maximum absolute atomic E-state index is 9.57. The van der Waals surface area contributed by atoms with Gasteiger partial charge in [-0.2, -0.15) is 0 Å². The minimum absolute atomic E-state index is 0.141. The summed E-state index contributed by atoms with van der Waals surface area (Å²) >= 11 is 0. The Kier molecular flexibility index (Phi) is 42.8. The van der Waals surface area contributed by atoms with E-state index in [-0.39, 0.29) is 24.4 Å². The van der Waals surface area contributed by atoms with Crippen LogP contribution in [0.3, 0.4) is 0 Å². The fourth-order valence-corrected chi connectivity index (χ4v) is 16.7. The van der Waals surface area contributed by atoms with Crippen LogP contribution in [0.25, 0.3) is 0 Å². The van der Waals surface area contributed by atoms with Gasteiger partial charge in [0.2, 0.25) is 0 Å². The summed E-state index contributed by atoms with van der Waals surface area (Å²) in [6.45, 7) is 20.4. The summed E-state index contributed by atoms with van der Waals surface area (Å²) in [4.78, 5) is 11.2. The van der Waals surface area contributed by atoms with Gasteiger partial charge in [0.15, 0.2) is 0 Å². The molecule has 74 heavy (non-hydrogen) atoms. The topological polar surface area (TPSA) is 93.9 Å². The molecule has 4 N–H and O–H groups in total. The molecule has 3 aliphatic rings. The van der Waals surface area contributed by atoms with Crippen LogP contribution >= 0.6 is 43.2 Å². The van der Waals surface area contributed by atoms with Gasteiger partial charge < -0.3 is 20.4 Å². The highest BCUT2D eigenvalue weighted by molar-refractivity contribution is 8.77. The van der Waals surface area contributed by atoms with Crippen molar-refractivity contribution in [1.29, 1.82) is 0 Å². The van der Waals surface area contributed by atoms with Crippen LogP contribution < -0.4 is 0 Å². The van der Waals surface area contributed by atoms with E-state index in [2.05, 4.69) is 62.8 Å². The Hall–Kier alpha value is 1.08. The standard InChI is InChI=1S/C62H124N4O4S4/c1-57(67)33-21-13-5-9-17-25-37-61(38-26-18-10-6-14-22-34-58(2)68)41-45-65(61)43-29-31-53-71-73-55-51-63-47-49-64(50-48-63)52-56-74-72-54-32-30-44-66-46-42-62(66,39-27-19-11-7-15-23-35-59(3)69)40-28-20-12-8-16-24-36-60(4)70/h57-60,67-70H,5-56H2,1-4H3. The van der Waals surface area contributed by atoms with E-state index in [4.69, 9.17) is 0 Å². The largest absolute Gasteiger partial charge is 0.393 e. The lowest BCUT2D eigenvalue weighted by Gasteiger charge is -2.54. The zero-order valence-corrected chi connectivity index (χ0v) is 52.6. The van der Waals surface area contributed by atoms with E-state index in [1.165, 1.54) is 307 Å². The second kappa shape index (κ2) is 45.7. The van der Waals surface area contributed by atoms with E-state index in [0.29, 0.717) is 11.1 Å². The van der Waals surface area contributed by atoms with Gasteiger partial charge in [-0.1, -0.05) is 197 Å². The molecule has 3 aliphatic heterocycles. The molecule has 0 aromatic heterocycles. The number of piperazine rings is 1. The smallest absolute Gasteiger partial charge is 0.0512 e. The second-order valence-electron chi connectivity index (χ2n) is 24.3. The van der Waals surface area contributed by atoms with Gasteiger partial charge in [-0.3, -0.25) is 19.6 Å². The average molecular weight is 1120 g/mol. The summed E-state index contributed by atoms with van der Waals surface area (Å²) in [5.74, 6) is 5.10. The van der Waals surface area contributed by atoms with Gasteiger partial charge in [-0.05, 0) is 131 Å². The highest BCUT2D eigenvalue weighted by Gasteiger charge is 2.43. The number of nitrogens with zero attached hydrogens (tertiary/aromatic N) is 4. The van der Waals surface area contributed by atoms with E-state index in [9.17, 15) is 20.4 Å². The molecule has 4 unspecified atom stereocenters. The zero-order chi connectivity index (χ0) is 53.2. The van der Waals surface area contributed by atoms with Crippen molar-refractivity contribution in [3.8, 4) is 0 Å². The van der Waals surface area contributed by atoms with Gasteiger partial charge in [0.05, 0.1) is 24.4 Å². The van der Waals surface area contributed by atoms with Crippen LogP contribution in [0.4, 0.5) is 0 Å². The lowest BCUT2D eigenvalue weighted by Crippen LogP contribution is -2.59. The third-order valence-electron chi connectivity index (χ3n) is 17.5. The van der Waals surface area contributed by atoms with Crippen molar-refractivity contribution in [3.63, 3.8) is 0 Å². The Morgan fingerprint density at radius 2 is 0.554 bits per heavy atom. The molecule has 8 nitrogen and oxygen atoms in total. The number of hydrogen-bond acceptors (Lipinski definition) is 12. The van der Waals surface area contributed by atoms with E-state index in [1.807, 2.05) is 27.7 Å². The molecule has 3 heterocycles. The Morgan fingerprint density at radius 1 is 0.297 bits per heavy atom. The minimum atomic E-state index is -0.141. The number of aliphatic hydroxyl groups is 4. The molecule has 3 rings (SSSR count). The van der Waals surface area contributed by atoms with Crippen LogP contribution in [0.5, 0.6) is 0 Å². The van der Waals surface area contributed by atoms with Crippen LogP contribution in [0, 0.1) is 0 Å². The van der Waals surface area contributed by atoms with Gasteiger partial charge in [-0.25, -0.2) is 0 Å². The first kappa shape index (κ1) is 69.3. The molecule has 0 amide bonds. The fourth-order valence-electron chi connectivity index (χ4n) is 12.4. The quantitative estimate of drug-likeness (QED) is 0.0345. The van der Waals surface area contributed by atoms with E-state index < -0.39 is 0 Å². The molecule has 0 saturated carbocycles. The zero-order valence-electron chi connectivity index (χ0n) is 49.3. The summed E-state index contributed by atoms with van der Waals surface area (Å²) in [5, 5.41) is 38.3. The van der Waals surface area contributed by atoms with Crippen LogP contribution in [0.15, 0.2) is 0 Å². The predicted molar refractivity (Wildman–Crippen MR) is 333 cm³/mol. The Morgan fingerprint density at radius 3 is 0.811 bits per heavy atom. The number of unbranched alkanes of at least 4 members (excludes halogenated alkanes) is 22. The summed E-state index contributed by atoms with van der Waals surface area (Å²) < 4.78 is 0. The molecule has 4 atom stereocenters. The minimum Gasteiger partial charge on any atom is -0.393 e. The number of aliphatic hydroxyl groups excluding tert-OH is 4. The lowest BCUT2D eigenvalue weighted by atomic mass is 9.75. The highest BCUT2D eigenvalue weighted by atomic mass is 33.1. The molecular formula is C62H124N4O4S4. The summed E-state index contributed by atoms with van der Waals surface area (Å²) in [5.41, 5.74) is 0.962. The van der Waals surface area contributed by atoms with Crippen molar-refractivity contribution < 1.29 is 20.4 Å². The van der Waals surface area contributed by atoms with Crippen molar-refractivity contribution in [2.24, 2.45) is 0 Å². The SMILES string of the molecule is CC(O)CCCCCCCCC1(CCCCCCCCC(C)O)CCN1CCCCSSCCN1CCN(CCSSCCCCN2CCC2(CCCCCCCCC(C)O)CCCCCCCCC(C)O)CC1. The van der Waals surface area contributed by atoms with Crippen molar-refractivity contribution in [3.05, 3.63) is 0 Å². The molecule has 0 bridgehead atoms. The second-order valence-corrected chi connectivity index (χ2v) is 29.7. The van der Waals surface area contributed by atoms with Crippen LogP contribution in [0.1, 0.15) is 272 Å². The lowest BCUT2D eigenvalue weighted by molar-refractivity contribution is -0.0322. The van der Waals surface area contributed by atoms with E-state index in [0.717, 1.165) is 25.7 Å². The average Bonchev–Trinajstić information content (AvgIpc) is 3.36. The fraction of sp³-hybridized carbons (Fsp3) is 1.00. The number of rotatable bonds is 54. The van der Waals surface area contributed by atoms with Gasteiger partial charge in [0, 0.05) is 86.4 Å². The molecule has 440 valence electrons. The van der Waals surface area contributed by atoms with Crippen LogP contribution in [0.2, 0.25) is 0 Å². The van der Waals surface area contributed by atoms with Crippen molar-refractivity contribution in [2.45, 2.75) is 307 Å². The highest BCUT2D eigenvalue weighted by Crippen LogP contribution is 2.42. The molecule has 0 aliphatic carbocycles. The Bertz CT molecular complexity index is 1110.